The molecule has 0 spiro atoms. The standard InChI is InChI=1S/C13H16N2O5/c1-2-20-12-5-10(4-11(6-12)15(18)19)14-7-9(8-14)3-13(16)17/h4-6,9H,2-3,7-8H2,1H3,(H,16,17). The maximum Gasteiger partial charge on any atom is 0.303 e. The molecule has 7 heteroatoms. The molecule has 1 aliphatic heterocycles. The number of nitro benzene ring substituents is 1. The maximum absolute atomic E-state index is 10.9. The molecule has 0 bridgehead atoms. The number of nitrogens with zero attached hydrogens (tertiary/aromatic N) is 2. The molecule has 0 amide bonds. The molecular formula is C13H16N2O5. The SMILES string of the molecule is CCOc1cc(N2CC(CC(=O)O)C2)cc([N+](=O)[O-])c1. The lowest BCUT2D eigenvalue weighted by molar-refractivity contribution is -0.384. The molecule has 1 aromatic carbocycles. The summed E-state index contributed by atoms with van der Waals surface area (Å²) in [6.07, 6.45) is 0.129. The molecule has 1 heterocycles. The summed E-state index contributed by atoms with van der Waals surface area (Å²) in [7, 11) is 0. The third kappa shape index (κ3) is 3.17. The Labute approximate surface area is 115 Å². The molecule has 2 rings (SSSR count). The number of anilines is 1. The lowest BCUT2D eigenvalue weighted by Crippen LogP contribution is -2.47. The molecule has 1 N–H and O–H groups in total. The Balaban J connectivity index is 2.12. The van der Waals surface area contributed by atoms with Gasteiger partial charge in [0.2, 0.25) is 0 Å². The third-order valence-corrected chi connectivity index (χ3v) is 3.18. The average Bonchev–Trinajstić information content (AvgIpc) is 2.33. The van der Waals surface area contributed by atoms with Crippen LogP contribution in [-0.4, -0.2) is 35.7 Å². The van der Waals surface area contributed by atoms with Gasteiger partial charge in [-0.3, -0.25) is 14.9 Å². The molecular weight excluding hydrogens is 264 g/mol. The van der Waals surface area contributed by atoms with Crippen LogP contribution >= 0.6 is 0 Å². The van der Waals surface area contributed by atoms with Gasteiger partial charge < -0.3 is 14.7 Å². The smallest absolute Gasteiger partial charge is 0.303 e. The predicted molar refractivity (Wildman–Crippen MR) is 72.2 cm³/mol. The highest BCUT2D eigenvalue weighted by Gasteiger charge is 2.29. The predicted octanol–water partition coefficient (Wildman–Crippen LogP) is 1.90. The quantitative estimate of drug-likeness (QED) is 0.632. The van der Waals surface area contributed by atoms with Crippen molar-refractivity contribution in [3.63, 3.8) is 0 Å². The molecule has 7 nitrogen and oxygen atoms in total. The van der Waals surface area contributed by atoms with Crippen molar-refractivity contribution in [2.75, 3.05) is 24.6 Å². The van der Waals surface area contributed by atoms with Crippen LogP contribution in [0.25, 0.3) is 0 Å². The lowest BCUT2D eigenvalue weighted by atomic mass is 9.95. The molecule has 108 valence electrons. The van der Waals surface area contributed by atoms with Crippen molar-refractivity contribution in [1.29, 1.82) is 0 Å². The molecule has 0 aromatic heterocycles. The Morgan fingerprint density at radius 3 is 2.75 bits per heavy atom. The van der Waals surface area contributed by atoms with E-state index in [2.05, 4.69) is 0 Å². The summed E-state index contributed by atoms with van der Waals surface area (Å²) < 4.78 is 5.32. The average molecular weight is 280 g/mol. The van der Waals surface area contributed by atoms with E-state index in [-0.39, 0.29) is 18.0 Å². The molecule has 1 saturated heterocycles. The minimum Gasteiger partial charge on any atom is -0.494 e. The van der Waals surface area contributed by atoms with Crippen molar-refractivity contribution in [1.82, 2.24) is 0 Å². The van der Waals surface area contributed by atoms with Crippen molar-refractivity contribution in [2.45, 2.75) is 13.3 Å². The highest BCUT2D eigenvalue weighted by Crippen LogP contribution is 2.33. The van der Waals surface area contributed by atoms with Crippen molar-refractivity contribution in [3.8, 4) is 5.75 Å². The van der Waals surface area contributed by atoms with E-state index in [4.69, 9.17) is 9.84 Å². The minimum atomic E-state index is -0.816. The van der Waals surface area contributed by atoms with Gasteiger partial charge >= 0.3 is 5.97 Å². The largest absolute Gasteiger partial charge is 0.494 e. The number of carboxylic acid groups (broad SMARTS) is 1. The number of benzene rings is 1. The van der Waals surface area contributed by atoms with Gasteiger partial charge in [-0.15, -0.1) is 0 Å². The minimum absolute atomic E-state index is 0.0207. The first kappa shape index (κ1) is 14.1. The van der Waals surface area contributed by atoms with E-state index >= 15 is 0 Å². The number of carboxylic acids is 1. The Kier molecular flexibility index (Phi) is 4.07. The van der Waals surface area contributed by atoms with Crippen LogP contribution in [0.15, 0.2) is 18.2 Å². The second-order valence-electron chi connectivity index (χ2n) is 4.74. The van der Waals surface area contributed by atoms with E-state index in [0.29, 0.717) is 31.1 Å². The van der Waals surface area contributed by atoms with Crippen molar-refractivity contribution >= 4 is 17.3 Å². The van der Waals surface area contributed by atoms with Gasteiger partial charge in [0.1, 0.15) is 5.75 Å². The van der Waals surface area contributed by atoms with E-state index in [9.17, 15) is 14.9 Å². The van der Waals surface area contributed by atoms with Crippen LogP contribution in [0.2, 0.25) is 0 Å². The van der Waals surface area contributed by atoms with E-state index in [1.807, 2.05) is 11.8 Å². The van der Waals surface area contributed by atoms with E-state index in [1.54, 1.807) is 6.07 Å². The normalized spacial score (nSPS) is 14.8. The molecule has 0 unspecified atom stereocenters. The van der Waals surface area contributed by atoms with Gasteiger partial charge in [0.15, 0.2) is 0 Å². The van der Waals surface area contributed by atoms with Gasteiger partial charge in [0.05, 0.1) is 24.0 Å². The Hall–Kier alpha value is -2.31. The van der Waals surface area contributed by atoms with Crippen molar-refractivity contribution < 1.29 is 19.6 Å². The van der Waals surface area contributed by atoms with Crippen molar-refractivity contribution in [2.24, 2.45) is 5.92 Å². The van der Waals surface area contributed by atoms with Gasteiger partial charge in [0, 0.05) is 36.8 Å². The number of carbonyl (C=O) groups is 1. The number of aliphatic carboxylic acids is 1. The number of rotatable bonds is 6. The number of hydrogen-bond donors (Lipinski definition) is 1. The summed E-state index contributed by atoms with van der Waals surface area (Å²) in [6.45, 7) is 3.44. The summed E-state index contributed by atoms with van der Waals surface area (Å²) in [4.78, 5) is 23.0. The number of hydrogen-bond acceptors (Lipinski definition) is 5. The maximum atomic E-state index is 10.9. The van der Waals surface area contributed by atoms with Crippen LogP contribution in [0.5, 0.6) is 5.75 Å². The fourth-order valence-corrected chi connectivity index (χ4v) is 2.26. The van der Waals surface area contributed by atoms with Crippen molar-refractivity contribution in [3.05, 3.63) is 28.3 Å². The molecule has 20 heavy (non-hydrogen) atoms. The van der Waals surface area contributed by atoms with Gasteiger partial charge in [-0.1, -0.05) is 0 Å². The fraction of sp³-hybridized carbons (Fsp3) is 0.462. The third-order valence-electron chi connectivity index (χ3n) is 3.18. The molecule has 0 radical (unpaired) electrons. The van der Waals surface area contributed by atoms with E-state index in [1.165, 1.54) is 12.1 Å². The summed E-state index contributed by atoms with van der Waals surface area (Å²) in [5.41, 5.74) is 0.678. The first-order valence-corrected chi connectivity index (χ1v) is 6.38. The Morgan fingerprint density at radius 1 is 1.50 bits per heavy atom. The van der Waals surface area contributed by atoms with Gasteiger partial charge in [0.25, 0.3) is 5.69 Å². The molecule has 0 atom stereocenters. The van der Waals surface area contributed by atoms with Crippen LogP contribution in [-0.2, 0) is 4.79 Å². The topological polar surface area (TPSA) is 92.9 Å². The summed E-state index contributed by atoms with van der Waals surface area (Å²) in [5, 5.41) is 19.6. The summed E-state index contributed by atoms with van der Waals surface area (Å²) in [5.74, 6) is -0.260. The van der Waals surface area contributed by atoms with Gasteiger partial charge in [-0.05, 0) is 6.92 Å². The fourth-order valence-electron chi connectivity index (χ4n) is 2.26. The molecule has 1 fully saturated rings. The highest BCUT2D eigenvalue weighted by atomic mass is 16.6. The first-order chi connectivity index (χ1) is 9.49. The Morgan fingerprint density at radius 2 is 2.20 bits per heavy atom. The number of ether oxygens (including phenoxy) is 1. The zero-order valence-corrected chi connectivity index (χ0v) is 11.1. The van der Waals surface area contributed by atoms with Gasteiger partial charge in [-0.25, -0.2) is 0 Å². The van der Waals surface area contributed by atoms with Crippen LogP contribution in [0.3, 0.4) is 0 Å². The number of nitro groups is 1. The second-order valence-corrected chi connectivity index (χ2v) is 4.74. The number of non-ortho nitro benzene ring substituents is 1. The van der Waals surface area contributed by atoms with Gasteiger partial charge in [-0.2, -0.15) is 0 Å². The highest BCUT2D eigenvalue weighted by molar-refractivity contribution is 5.68. The monoisotopic (exact) mass is 280 g/mol. The zero-order valence-electron chi connectivity index (χ0n) is 11.1. The van der Waals surface area contributed by atoms with E-state index < -0.39 is 10.9 Å². The van der Waals surface area contributed by atoms with E-state index in [0.717, 1.165) is 0 Å². The van der Waals surface area contributed by atoms with Crippen LogP contribution in [0.4, 0.5) is 11.4 Å². The molecule has 1 aromatic rings. The molecule has 0 aliphatic carbocycles. The van der Waals surface area contributed by atoms with Crippen LogP contribution < -0.4 is 9.64 Å². The van der Waals surface area contributed by atoms with Crippen LogP contribution in [0.1, 0.15) is 13.3 Å². The second kappa shape index (κ2) is 5.77. The Bertz CT molecular complexity index is 525. The lowest BCUT2D eigenvalue weighted by Gasteiger charge is -2.40. The zero-order chi connectivity index (χ0) is 14.7. The molecule has 1 aliphatic rings. The first-order valence-electron chi connectivity index (χ1n) is 6.38. The summed E-state index contributed by atoms with van der Waals surface area (Å²) in [6, 6.07) is 4.62. The van der Waals surface area contributed by atoms with Crippen LogP contribution in [0, 0.1) is 16.0 Å². The summed E-state index contributed by atoms with van der Waals surface area (Å²) >= 11 is 0. The molecule has 0 saturated carbocycles.